The molecule has 1 unspecified atom stereocenters. The Bertz CT molecular complexity index is 321. The third-order valence-electron chi connectivity index (χ3n) is 3.43. The van der Waals surface area contributed by atoms with Crippen molar-refractivity contribution < 1.29 is 0 Å². The molecular formula is C12H19ClN2S. The Morgan fingerprint density at radius 1 is 1.38 bits per heavy atom. The molecule has 2 nitrogen and oxygen atoms in total. The maximum atomic E-state index is 5.95. The van der Waals surface area contributed by atoms with Crippen molar-refractivity contribution in [3.8, 4) is 0 Å². The standard InChI is InChI=1S/C12H19ClN2S/c13-12-7-6-11(16-12)10(15-14)8-9-4-2-1-3-5-9/h6-7,9-10,15H,1-5,8,14H2. The quantitative estimate of drug-likeness (QED) is 0.635. The van der Waals surface area contributed by atoms with Gasteiger partial charge in [0.15, 0.2) is 0 Å². The normalized spacial score (nSPS) is 19.9. The zero-order chi connectivity index (χ0) is 11.4. The number of hydrogen-bond acceptors (Lipinski definition) is 3. The van der Waals surface area contributed by atoms with Gasteiger partial charge in [-0.3, -0.25) is 11.3 Å². The van der Waals surface area contributed by atoms with Crippen LogP contribution < -0.4 is 11.3 Å². The number of nitrogens with two attached hydrogens (primary N) is 1. The zero-order valence-corrected chi connectivity index (χ0v) is 11.0. The second kappa shape index (κ2) is 6.01. The molecule has 1 aromatic heterocycles. The van der Waals surface area contributed by atoms with E-state index >= 15 is 0 Å². The highest BCUT2D eigenvalue weighted by Crippen LogP contribution is 2.34. The molecule has 1 aliphatic carbocycles. The lowest BCUT2D eigenvalue weighted by molar-refractivity contribution is 0.302. The molecule has 90 valence electrons. The van der Waals surface area contributed by atoms with Gasteiger partial charge in [0.05, 0.1) is 10.4 Å². The predicted molar refractivity (Wildman–Crippen MR) is 70.6 cm³/mol. The molecule has 2 rings (SSSR count). The van der Waals surface area contributed by atoms with Gasteiger partial charge in [-0.25, -0.2) is 0 Å². The van der Waals surface area contributed by atoms with E-state index in [1.54, 1.807) is 11.3 Å². The van der Waals surface area contributed by atoms with Crippen molar-refractivity contribution >= 4 is 22.9 Å². The second-order valence-electron chi connectivity index (χ2n) is 4.60. The van der Waals surface area contributed by atoms with Crippen LogP contribution in [0.3, 0.4) is 0 Å². The molecule has 1 fully saturated rings. The van der Waals surface area contributed by atoms with E-state index in [1.165, 1.54) is 37.0 Å². The molecule has 0 radical (unpaired) electrons. The number of rotatable bonds is 4. The number of hydrazine groups is 1. The van der Waals surface area contributed by atoms with Gasteiger partial charge in [0.25, 0.3) is 0 Å². The summed E-state index contributed by atoms with van der Waals surface area (Å²) in [6, 6.07) is 4.31. The Balaban J connectivity index is 1.94. The van der Waals surface area contributed by atoms with E-state index in [2.05, 4.69) is 11.5 Å². The lowest BCUT2D eigenvalue weighted by Gasteiger charge is -2.25. The minimum absolute atomic E-state index is 0.278. The molecular weight excluding hydrogens is 240 g/mol. The van der Waals surface area contributed by atoms with Crippen LogP contribution in [0.15, 0.2) is 12.1 Å². The van der Waals surface area contributed by atoms with E-state index in [0.29, 0.717) is 0 Å². The van der Waals surface area contributed by atoms with Crippen LogP contribution in [0, 0.1) is 5.92 Å². The number of thiophene rings is 1. The molecule has 0 amide bonds. The number of nitrogens with one attached hydrogen (secondary N) is 1. The third kappa shape index (κ3) is 3.20. The Morgan fingerprint density at radius 2 is 2.12 bits per heavy atom. The third-order valence-corrected chi connectivity index (χ3v) is 4.78. The fraction of sp³-hybridized carbons (Fsp3) is 0.667. The minimum Gasteiger partial charge on any atom is -0.271 e. The van der Waals surface area contributed by atoms with Crippen LogP contribution in [0.1, 0.15) is 49.4 Å². The average molecular weight is 259 g/mol. The average Bonchev–Trinajstić information content (AvgIpc) is 2.74. The molecule has 0 saturated heterocycles. The Hall–Kier alpha value is -0.0900. The molecule has 3 N–H and O–H groups in total. The smallest absolute Gasteiger partial charge is 0.0931 e. The highest BCUT2D eigenvalue weighted by Gasteiger charge is 2.20. The molecule has 0 aromatic carbocycles. The second-order valence-corrected chi connectivity index (χ2v) is 6.35. The van der Waals surface area contributed by atoms with Crippen LogP contribution in [-0.4, -0.2) is 0 Å². The topological polar surface area (TPSA) is 38.0 Å². The van der Waals surface area contributed by atoms with E-state index < -0.39 is 0 Å². The van der Waals surface area contributed by atoms with Crippen LogP contribution in [0.2, 0.25) is 4.34 Å². The van der Waals surface area contributed by atoms with Gasteiger partial charge >= 0.3 is 0 Å². The van der Waals surface area contributed by atoms with Crippen LogP contribution in [0.5, 0.6) is 0 Å². The van der Waals surface area contributed by atoms with Crippen molar-refractivity contribution in [1.82, 2.24) is 5.43 Å². The van der Waals surface area contributed by atoms with Crippen molar-refractivity contribution in [1.29, 1.82) is 0 Å². The van der Waals surface area contributed by atoms with Crippen molar-refractivity contribution in [3.05, 3.63) is 21.3 Å². The van der Waals surface area contributed by atoms with E-state index in [-0.39, 0.29) is 6.04 Å². The summed E-state index contributed by atoms with van der Waals surface area (Å²) in [4.78, 5) is 1.26. The molecule has 16 heavy (non-hydrogen) atoms. The maximum Gasteiger partial charge on any atom is 0.0931 e. The Labute approximate surface area is 106 Å². The highest BCUT2D eigenvalue weighted by atomic mass is 35.5. The van der Waals surface area contributed by atoms with Crippen molar-refractivity contribution in [2.24, 2.45) is 11.8 Å². The molecule has 1 aliphatic rings. The molecule has 0 bridgehead atoms. The van der Waals surface area contributed by atoms with E-state index in [4.69, 9.17) is 17.4 Å². The molecule has 0 spiro atoms. The summed E-state index contributed by atoms with van der Waals surface area (Å²) in [7, 11) is 0. The van der Waals surface area contributed by atoms with Gasteiger partial charge < -0.3 is 0 Å². The van der Waals surface area contributed by atoms with Gasteiger partial charge in [-0.15, -0.1) is 11.3 Å². The highest BCUT2D eigenvalue weighted by molar-refractivity contribution is 7.16. The Morgan fingerprint density at radius 3 is 2.69 bits per heavy atom. The molecule has 4 heteroatoms. The first-order valence-electron chi connectivity index (χ1n) is 6.01. The summed E-state index contributed by atoms with van der Waals surface area (Å²) >= 11 is 7.59. The zero-order valence-electron chi connectivity index (χ0n) is 9.42. The lowest BCUT2D eigenvalue weighted by atomic mass is 9.84. The summed E-state index contributed by atoms with van der Waals surface area (Å²) < 4.78 is 0.846. The molecule has 1 atom stereocenters. The van der Waals surface area contributed by atoms with Crippen LogP contribution in [0.25, 0.3) is 0 Å². The molecule has 1 saturated carbocycles. The first-order chi connectivity index (χ1) is 7.79. The Kier molecular flexibility index (Phi) is 4.65. The van der Waals surface area contributed by atoms with Crippen molar-refractivity contribution in [3.63, 3.8) is 0 Å². The van der Waals surface area contributed by atoms with E-state index in [9.17, 15) is 0 Å². The van der Waals surface area contributed by atoms with Gasteiger partial charge in [0, 0.05) is 4.88 Å². The van der Waals surface area contributed by atoms with Gasteiger partial charge in [0.2, 0.25) is 0 Å². The maximum absolute atomic E-state index is 5.95. The van der Waals surface area contributed by atoms with Crippen molar-refractivity contribution in [2.45, 2.75) is 44.6 Å². The first-order valence-corrected chi connectivity index (χ1v) is 7.20. The van der Waals surface area contributed by atoms with Gasteiger partial charge in [-0.1, -0.05) is 43.7 Å². The van der Waals surface area contributed by atoms with E-state index in [0.717, 1.165) is 16.7 Å². The van der Waals surface area contributed by atoms with Gasteiger partial charge in [-0.05, 0) is 24.5 Å². The van der Waals surface area contributed by atoms with Crippen LogP contribution in [-0.2, 0) is 0 Å². The summed E-state index contributed by atoms with van der Waals surface area (Å²) in [5.41, 5.74) is 2.93. The van der Waals surface area contributed by atoms with E-state index in [1.807, 2.05) is 6.07 Å². The summed E-state index contributed by atoms with van der Waals surface area (Å²) in [5.74, 6) is 6.47. The van der Waals surface area contributed by atoms with Crippen LogP contribution in [0.4, 0.5) is 0 Å². The molecule has 1 heterocycles. The fourth-order valence-electron chi connectivity index (χ4n) is 2.54. The SMILES string of the molecule is NNC(CC1CCCCC1)c1ccc(Cl)s1. The van der Waals surface area contributed by atoms with Gasteiger partial charge in [0.1, 0.15) is 0 Å². The van der Waals surface area contributed by atoms with Gasteiger partial charge in [-0.2, -0.15) is 0 Å². The number of halogens is 1. The minimum atomic E-state index is 0.278. The predicted octanol–water partition coefficient (Wildman–Crippen LogP) is 3.88. The molecule has 0 aliphatic heterocycles. The monoisotopic (exact) mass is 258 g/mol. The number of hydrogen-bond donors (Lipinski definition) is 2. The van der Waals surface area contributed by atoms with Crippen LogP contribution >= 0.6 is 22.9 Å². The summed E-state index contributed by atoms with van der Waals surface area (Å²) in [5, 5.41) is 0. The molecule has 1 aromatic rings. The summed E-state index contributed by atoms with van der Waals surface area (Å²) in [6.45, 7) is 0. The lowest BCUT2D eigenvalue weighted by Crippen LogP contribution is -2.29. The first kappa shape index (κ1) is 12.4. The summed E-state index contributed by atoms with van der Waals surface area (Å²) in [6.07, 6.45) is 8.03. The largest absolute Gasteiger partial charge is 0.271 e. The fourth-order valence-corrected chi connectivity index (χ4v) is 3.67. The van der Waals surface area contributed by atoms with Crippen molar-refractivity contribution in [2.75, 3.05) is 0 Å².